The van der Waals surface area contributed by atoms with Crippen molar-refractivity contribution in [3.63, 3.8) is 0 Å². The lowest BCUT2D eigenvalue weighted by Gasteiger charge is -2.05. The number of nitrogen functional groups attached to an aromatic ring is 1. The number of aromatic nitrogens is 3. The van der Waals surface area contributed by atoms with Crippen LogP contribution in [0.2, 0.25) is 0 Å². The molecule has 0 fully saturated rings. The number of nitrogens with two attached hydrogens (primary N) is 1. The maximum absolute atomic E-state index is 8.63. The first-order valence-corrected chi connectivity index (χ1v) is 4.44. The summed E-state index contributed by atoms with van der Waals surface area (Å²) in [7, 11) is 0. The van der Waals surface area contributed by atoms with Crippen LogP contribution in [-0.4, -0.2) is 15.1 Å². The largest absolute Gasteiger partial charge is 0.396 e. The van der Waals surface area contributed by atoms with Crippen LogP contribution < -0.4 is 11.1 Å². The summed E-state index contributed by atoms with van der Waals surface area (Å²) in [5, 5.41) is 15.2. The fourth-order valence-corrected chi connectivity index (χ4v) is 1.12. The second-order valence-electron chi connectivity index (χ2n) is 2.97. The van der Waals surface area contributed by atoms with Gasteiger partial charge in [-0.2, -0.15) is 10.2 Å². The molecule has 2 aromatic heterocycles. The van der Waals surface area contributed by atoms with Crippen LogP contribution in [0.3, 0.4) is 0 Å². The van der Waals surface area contributed by atoms with E-state index in [2.05, 4.69) is 25.0 Å². The monoisotopic (exact) mass is 216 g/mol. The molecule has 0 aliphatic rings. The minimum Gasteiger partial charge on any atom is -0.396 e. The zero-order chi connectivity index (χ0) is 11.4. The van der Waals surface area contributed by atoms with Crippen molar-refractivity contribution in [1.82, 2.24) is 15.1 Å². The number of pyridine rings is 1. The number of nitriles is 1. The van der Waals surface area contributed by atoms with Gasteiger partial charge in [-0.15, -0.1) is 0 Å². The molecule has 0 aliphatic heterocycles. The number of anilines is 2. The average molecular weight is 216 g/mol. The number of nitrogens with one attached hydrogen (secondary N) is 1. The van der Waals surface area contributed by atoms with E-state index < -0.39 is 0 Å². The summed E-state index contributed by atoms with van der Waals surface area (Å²) >= 11 is 0. The molecule has 0 amide bonds. The average Bonchev–Trinajstić information content (AvgIpc) is 2.80. The van der Waals surface area contributed by atoms with Crippen molar-refractivity contribution in [2.45, 2.75) is 6.54 Å². The Balaban J connectivity index is 2.08. The van der Waals surface area contributed by atoms with Crippen molar-refractivity contribution in [2.24, 2.45) is 0 Å². The van der Waals surface area contributed by atoms with Crippen molar-refractivity contribution in [1.29, 1.82) is 5.26 Å². The van der Waals surface area contributed by atoms with Gasteiger partial charge in [0.05, 0.1) is 17.8 Å². The van der Waals surface area contributed by atoms with Gasteiger partial charge in [-0.05, 0) is 6.07 Å². The highest BCUT2D eigenvalue weighted by Gasteiger charge is 2.03. The van der Waals surface area contributed by atoms with Gasteiger partial charge >= 0.3 is 0 Å². The summed E-state index contributed by atoms with van der Waals surface area (Å²) in [6, 6.07) is 3.50. The predicted octanol–water partition coefficient (Wildman–Crippen LogP) is 0.531. The minimum atomic E-state index is 0.361. The second-order valence-corrected chi connectivity index (χ2v) is 2.97. The molecule has 3 N–H and O–H groups in total. The highest BCUT2D eigenvalue weighted by Crippen LogP contribution is 2.16. The van der Waals surface area contributed by atoms with Crippen molar-refractivity contribution >= 4 is 11.5 Å². The Bertz CT molecular complexity index is 515. The number of hydrogen-bond acceptors (Lipinski definition) is 7. The first-order chi connectivity index (χ1) is 7.79. The minimum absolute atomic E-state index is 0.361. The molecule has 2 rings (SSSR count). The molecular formula is C9H8N6O. The number of hydrogen-bond donors (Lipinski definition) is 2. The van der Waals surface area contributed by atoms with Crippen LogP contribution in [0.5, 0.6) is 0 Å². The van der Waals surface area contributed by atoms with Gasteiger partial charge < -0.3 is 15.6 Å². The van der Waals surface area contributed by atoms with Crippen LogP contribution >= 0.6 is 0 Å². The molecule has 7 nitrogen and oxygen atoms in total. The van der Waals surface area contributed by atoms with Gasteiger partial charge in [-0.3, -0.25) is 0 Å². The van der Waals surface area contributed by atoms with Crippen LogP contribution in [0.25, 0.3) is 0 Å². The topological polar surface area (TPSA) is 114 Å². The number of nitrogens with zero attached hydrogens (tertiary/aromatic N) is 4. The third kappa shape index (κ3) is 2.06. The standard InChI is InChI=1S/C9H8N6O/c10-2-6-1-7(11)9(12-3-6)13-4-8-14-5-16-15-8/h1,3,5H,4,11H2,(H,12,13). The lowest BCUT2D eigenvalue weighted by atomic mass is 10.3. The summed E-state index contributed by atoms with van der Waals surface area (Å²) in [5.41, 5.74) is 6.52. The van der Waals surface area contributed by atoms with Gasteiger partial charge in [0, 0.05) is 6.20 Å². The van der Waals surface area contributed by atoms with E-state index in [1.807, 2.05) is 6.07 Å². The third-order valence-corrected chi connectivity index (χ3v) is 1.87. The Labute approximate surface area is 90.9 Å². The molecule has 0 unspecified atom stereocenters. The lowest BCUT2D eigenvalue weighted by Crippen LogP contribution is -2.05. The van der Waals surface area contributed by atoms with E-state index in [1.54, 1.807) is 6.07 Å². The van der Waals surface area contributed by atoms with E-state index in [0.29, 0.717) is 29.4 Å². The molecule has 0 atom stereocenters. The summed E-state index contributed by atoms with van der Waals surface area (Å²) in [6.07, 6.45) is 2.68. The van der Waals surface area contributed by atoms with Crippen LogP contribution in [-0.2, 0) is 6.54 Å². The molecule has 0 aliphatic carbocycles. The molecule has 2 heterocycles. The normalized spacial score (nSPS) is 9.69. The molecule has 0 aromatic carbocycles. The maximum Gasteiger partial charge on any atom is 0.213 e. The van der Waals surface area contributed by atoms with E-state index in [4.69, 9.17) is 11.0 Å². The van der Waals surface area contributed by atoms with Crippen molar-refractivity contribution in [3.8, 4) is 6.07 Å². The summed E-state index contributed by atoms with van der Waals surface area (Å²) in [4.78, 5) is 7.84. The first kappa shape index (κ1) is 9.92. The van der Waals surface area contributed by atoms with Crippen LogP contribution in [0.1, 0.15) is 11.4 Å². The van der Waals surface area contributed by atoms with Crippen molar-refractivity contribution in [3.05, 3.63) is 30.0 Å². The van der Waals surface area contributed by atoms with Gasteiger partial charge in [-0.25, -0.2) is 4.98 Å². The van der Waals surface area contributed by atoms with E-state index in [9.17, 15) is 0 Å². The first-order valence-electron chi connectivity index (χ1n) is 4.44. The van der Waals surface area contributed by atoms with Crippen molar-refractivity contribution < 1.29 is 4.52 Å². The molecule has 0 spiro atoms. The van der Waals surface area contributed by atoms with Crippen LogP contribution in [0.15, 0.2) is 23.2 Å². The molecule has 80 valence electrons. The Kier molecular flexibility index (Phi) is 2.65. The van der Waals surface area contributed by atoms with E-state index in [0.717, 1.165) is 0 Å². The Hall–Kier alpha value is -2.62. The third-order valence-electron chi connectivity index (χ3n) is 1.87. The summed E-state index contributed by atoms with van der Waals surface area (Å²) in [6.45, 7) is 0.361. The van der Waals surface area contributed by atoms with E-state index >= 15 is 0 Å². The van der Waals surface area contributed by atoms with Gasteiger partial charge in [-0.1, -0.05) is 5.16 Å². The van der Waals surface area contributed by atoms with Crippen molar-refractivity contribution in [2.75, 3.05) is 11.1 Å². The molecule has 7 heteroatoms. The van der Waals surface area contributed by atoms with Crippen LogP contribution in [0, 0.1) is 11.3 Å². The smallest absolute Gasteiger partial charge is 0.213 e. The van der Waals surface area contributed by atoms with E-state index in [1.165, 1.54) is 12.6 Å². The maximum atomic E-state index is 8.63. The van der Waals surface area contributed by atoms with Gasteiger partial charge in [0.15, 0.2) is 5.82 Å². The van der Waals surface area contributed by atoms with Gasteiger partial charge in [0.2, 0.25) is 6.39 Å². The quantitative estimate of drug-likeness (QED) is 0.769. The zero-order valence-corrected chi connectivity index (χ0v) is 8.21. The number of rotatable bonds is 3. The Morgan fingerprint density at radius 2 is 2.38 bits per heavy atom. The molecule has 0 radical (unpaired) electrons. The lowest BCUT2D eigenvalue weighted by molar-refractivity contribution is 0.411. The Morgan fingerprint density at radius 1 is 1.50 bits per heavy atom. The van der Waals surface area contributed by atoms with Crippen LogP contribution in [0.4, 0.5) is 11.5 Å². The molecule has 16 heavy (non-hydrogen) atoms. The fourth-order valence-electron chi connectivity index (χ4n) is 1.12. The fraction of sp³-hybridized carbons (Fsp3) is 0.111. The molecule has 0 bridgehead atoms. The predicted molar refractivity (Wildman–Crippen MR) is 55.0 cm³/mol. The summed E-state index contributed by atoms with van der Waals surface area (Å²) in [5.74, 6) is 0.995. The second kappa shape index (κ2) is 4.27. The molecule has 2 aromatic rings. The molecule has 0 saturated heterocycles. The summed E-state index contributed by atoms with van der Waals surface area (Å²) < 4.78 is 4.57. The molecule has 0 saturated carbocycles. The van der Waals surface area contributed by atoms with E-state index in [-0.39, 0.29) is 0 Å². The van der Waals surface area contributed by atoms with Gasteiger partial charge in [0.1, 0.15) is 11.9 Å². The van der Waals surface area contributed by atoms with Gasteiger partial charge in [0.25, 0.3) is 0 Å². The highest BCUT2D eigenvalue weighted by atomic mass is 16.5. The Morgan fingerprint density at radius 3 is 3.00 bits per heavy atom. The molecular weight excluding hydrogens is 208 g/mol. The zero-order valence-electron chi connectivity index (χ0n) is 8.21. The highest BCUT2D eigenvalue weighted by molar-refractivity contribution is 5.62. The SMILES string of the molecule is N#Cc1cnc(NCc2ncon2)c(N)c1.